The number of hydrogen-bond donors (Lipinski definition) is 0. The Hall–Kier alpha value is -0.160. The number of hydrogen-bond acceptors (Lipinski definition) is 4. The third-order valence-corrected chi connectivity index (χ3v) is 4.71. The van der Waals surface area contributed by atoms with Gasteiger partial charge in [0.1, 0.15) is 0 Å². The van der Waals surface area contributed by atoms with E-state index >= 15 is 0 Å². The Kier molecular flexibility index (Phi) is 9.80. The van der Waals surface area contributed by atoms with Gasteiger partial charge in [0.05, 0.1) is 19.8 Å². The fourth-order valence-electron chi connectivity index (χ4n) is 3.02. The Labute approximate surface area is 150 Å². The smallest absolute Gasteiger partial charge is 0.0701 e. The fraction of sp³-hybridized carbons (Fsp3) is 1.00. The van der Waals surface area contributed by atoms with Crippen LogP contribution in [-0.2, 0) is 9.47 Å². The minimum Gasteiger partial charge on any atom is -0.379 e. The summed E-state index contributed by atoms with van der Waals surface area (Å²) in [5, 5.41) is 0. The van der Waals surface area contributed by atoms with E-state index in [4.69, 9.17) is 9.47 Å². The van der Waals surface area contributed by atoms with Gasteiger partial charge in [0.2, 0.25) is 0 Å². The van der Waals surface area contributed by atoms with Crippen molar-refractivity contribution < 1.29 is 9.47 Å². The van der Waals surface area contributed by atoms with Gasteiger partial charge in [-0.05, 0) is 39.0 Å². The Morgan fingerprint density at radius 2 is 1.29 bits per heavy atom. The molecule has 1 saturated heterocycles. The largest absolute Gasteiger partial charge is 0.379 e. The summed E-state index contributed by atoms with van der Waals surface area (Å²) in [6, 6.07) is 0. The molecule has 0 aliphatic carbocycles. The van der Waals surface area contributed by atoms with E-state index in [9.17, 15) is 0 Å². The molecule has 0 aromatic carbocycles. The first-order chi connectivity index (χ1) is 11.2. The third-order valence-electron chi connectivity index (χ3n) is 4.71. The lowest BCUT2D eigenvalue weighted by molar-refractivity contribution is 0.0203. The second kappa shape index (κ2) is 10.7. The maximum atomic E-state index is 5.71. The molecule has 0 amide bonds. The molecule has 0 spiro atoms. The van der Waals surface area contributed by atoms with Crippen molar-refractivity contribution in [3.8, 4) is 0 Å². The maximum absolute atomic E-state index is 5.71. The Balaban J connectivity index is 1.88. The van der Waals surface area contributed by atoms with Crippen molar-refractivity contribution in [2.45, 2.75) is 66.3 Å². The molecule has 0 aromatic rings. The highest BCUT2D eigenvalue weighted by molar-refractivity contribution is 4.81. The lowest BCUT2D eigenvalue weighted by atomic mass is 9.90. The standard InChI is InChI=1S/C20H42N2O2/c1-19(2,3)9-7-8-15-23-17-18-24-16-14-21-10-12-22(13-11-21)20(4,5)6/h7-18H2,1-6H3. The molecule has 0 radical (unpaired) electrons. The first-order valence-electron chi connectivity index (χ1n) is 9.81. The molecular weight excluding hydrogens is 300 g/mol. The molecule has 144 valence electrons. The number of unbranched alkanes of at least 4 members (excludes halogenated alkanes) is 1. The fourth-order valence-corrected chi connectivity index (χ4v) is 3.02. The predicted octanol–water partition coefficient (Wildman–Crippen LogP) is 3.65. The SMILES string of the molecule is CC(C)(C)CCCCOCCOCCN1CCN(C(C)(C)C)CC1. The van der Waals surface area contributed by atoms with Gasteiger partial charge in [-0.25, -0.2) is 0 Å². The van der Waals surface area contributed by atoms with E-state index in [1.54, 1.807) is 0 Å². The molecule has 0 unspecified atom stereocenters. The van der Waals surface area contributed by atoms with Crippen LogP contribution in [0.1, 0.15) is 60.8 Å². The lowest BCUT2D eigenvalue weighted by Gasteiger charge is -2.42. The first kappa shape index (κ1) is 21.9. The van der Waals surface area contributed by atoms with Gasteiger partial charge in [-0.1, -0.05) is 27.2 Å². The van der Waals surface area contributed by atoms with Crippen molar-refractivity contribution >= 4 is 0 Å². The van der Waals surface area contributed by atoms with Crippen molar-refractivity contribution in [2.75, 3.05) is 59.2 Å². The van der Waals surface area contributed by atoms with Crippen LogP contribution in [-0.4, -0.2) is 74.5 Å². The quantitative estimate of drug-likeness (QED) is 0.566. The summed E-state index contributed by atoms with van der Waals surface area (Å²) < 4.78 is 11.4. The van der Waals surface area contributed by atoms with Gasteiger partial charge in [-0.3, -0.25) is 9.80 Å². The normalized spacial score (nSPS) is 18.2. The van der Waals surface area contributed by atoms with Crippen LogP contribution >= 0.6 is 0 Å². The van der Waals surface area contributed by atoms with E-state index in [2.05, 4.69) is 51.3 Å². The molecule has 1 heterocycles. The van der Waals surface area contributed by atoms with E-state index < -0.39 is 0 Å². The number of nitrogens with zero attached hydrogens (tertiary/aromatic N) is 2. The van der Waals surface area contributed by atoms with Crippen LogP contribution in [0.25, 0.3) is 0 Å². The second-order valence-electron chi connectivity index (χ2n) is 9.24. The van der Waals surface area contributed by atoms with E-state index in [0.717, 1.165) is 52.5 Å². The van der Waals surface area contributed by atoms with Gasteiger partial charge in [-0.2, -0.15) is 0 Å². The van der Waals surface area contributed by atoms with E-state index in [1.165, 1.54) is 25.9 Å². The van der Waals surface area contributed by atoms with Crippen molar-refractivity contribution in [2.24, 2.45) is 5.41 Å². The Bertz CT molecular complexity index is 313. The van der Waals surface area contributed by atoms with Crippen molar-refractivity contribution in [3.05, 3.63) is 0 Å². The molecule has 1 fully saturated rings. The minimum atomic E-state index is 0.298. The summed E-state index contributed by atoms with van der Waals surface area (Å²) in [5.41, 5.74) is 0.744. The highest BCUT2D eigenvalue weighted by Gasteiger charge is 2.25. The molecule has 0 bridgehead atoms. The van der Waals surface area contributed by atoms with Gasteiger partial charge in [0.25, 0.3) is 0 Å². The molecule has 0 atom stereocenters. The molecule has 1 aliphatic heterocycles. The van der Waals surface area contributed by atoms with Gasteiger partial charge >= 0.3 is 0 Å². The van der Waals surface area contributed by atoms with Crippen LogP contribution in [0, 0.1) is 5.41 Å². The number of rotatable bonds is 10. The highest BCUT2D eigenvalue weighted by atomic mass is 16.5. The second-order valence-corrected chi connectivity index (χ2v) is 9.24. The van der Waals surface area contributed by atoms with Crippen LogP contribution in [0.15, 0.2) is 0 Å². The van der Waals surface area contributed by atoms with Gasteiger partial charge in [-0.15, -0.1) is 0 Å². The zero-order valence-corrected chi connectivity index (χ0v) is 17.2. The Morgan fingerprint density at radius 1 is 0.708 bits per heavy atom. The molecule has 1 aliphatic rings. The van der Waals surface area contributed by atoms with Crippen LogP contribution in [0.4, 0.5) is 0 Å². The molecule has 0 N–H and O–H groups in total. The minimum absolute atomic E-state index is 0.298. The monoisotopic (exact) mass is 342 g/mol. The van der Waals surface area contributed by atoms with E-state index in [1.807, 2.05) is 0 Å². The molecule has 1 rings (SSSR count). The van der Waals surface area contributed by atoms with E-state index in [-0.39, 0.29) is 0 Å². The summed E-state index contributed by atoms with van der Waals surface area (Å²) in [4.78, 5) is 5.08. The molecule has 0 aromatic heterocycles. The van der Waals surface area contributed by atoms with Crippen LogP contribution in [0.2, 0.25) is 0 Å². The average molecular weight is 343 g/mol. The van der Waals surface area contributed by atoms with Crippen molar-refractivity contribution in [1.29, 1.82) is 0 Å². The number of piperazine rings is 1. The van der Waals surface area contributed by atoms with Gasteiger partial charge < -0.3 is 9.47 Å². The highest BCUT2D eigenvalue weighted by Crippen LogP contribution is 2.21. The maximum Gasteiger partial charge on any atom is 0.0701 e. The summed E-state index contributed by atoms with van der Waals surface area (Å²) in [6.07, 6.45) is 3.69. The molecule has 24 heavy (non-hydrogen) atoms. The summed E-state index contributed by atoms with van der Waals surface area (Å²) >= 11 is 0. The van der Waals surface area contributed by atoms with Gasteiger partial charge in [0, 0.05) is 44.9 Å². The predicted molar refractivity (Wildman–Crippen MR) is 103 cm³/mol. The van der Waals surface area contributed by atoms with Crippen LogP contribution in [0.3, 0.4) is 0 Å². The molecular formula is C20H42N2O2. The van der Waals surface area contributed by atoms with Crippen LogP contribution in [0.5, 0.6) is 0 Å². The zero-order valence-electron chi connectivity index (χ0n) is 17.2. The summed E-state index contributed by atoms with van der Waals surface area (Å²) in [7, 11) is 0. The Morgan fingerprint density at radius 3 is 1.83 bits per heavy atom. The van der Waals surface area contributed by atoms with Crippen molar-refractivity contribution in [1.82, 2.24) is 9.80 Å². The zero-order chi connectivity index (χ0) is 18.1. The van der Waals surface area contributed by atoms with Crippen molar-refractivity contribution in [3.63, 3.8) is 0 Å². The molecule has 4 nitrogen and oxygen atoms in total. The molecule has 4 heteroatoms. The summed E-state index contributed by atoms with van der Waals surface area (Å²) in [6.45, 7) is 22.6. The third kappa shape index (κ3) is 10.7. The van der Waals surface area contributed by atoms with Crippen LogP contribution < -0.4 is 0 Å². The average Bonchev–Trinajstić information content (AvgIpc) is 2.47. The first-order valence-corrected chi connectivity index (χ1v) is 9.81. The van der Waals surface area contributed by atoms with Gasteiger partial charge in [0.15, 0.2) is 0 Å². The lowest BCUT2D eigenvalue weighted by Crippen LogP contribution is -2.53. The van der Waals surface area contributed by atoms with E-state index in [0.29, 0.717) is 11.0 Å². The number of ether oxygens (including phenoxy) is 2. The summed E-state index contributed by atoms with van der Waals surface area (Å²) in [5.74, 6) is 0. The molecule has 0 saturated carbocycles. The topological polar surface area (TPSA) is 24.9 Å².